The lowest BCUT2D eigenvalue weighted by molar-refractivity contribution is 0.102. The summed E-state index contributed by atoms with van der Waals surface area (Å²) in [5.41, 5.74) is 2.19. The highest BCUT2D eigenvalue weighted by Crippen LogP contribution is 2.23. The number of rotatable bonds is 3. The van der Waals surface area contributed by atoms with Crippen molar-refractivity contribution in [3.8, 4) is 0 Å². The van der Waals surface area contributed by atoms with Crippen LogP contribution < -0.4 is 5.32 Å². The first-order chi connectivity index (χ1) is 9.68. The van der Waals surface area contributed by atoms with E-state index in [1.165, 1.54) is 0 Å². The van der Waals surface area contributed by atoms with Gasteiger partial charge in [0.1, 0.15) is 0 Å². The van der Waals surface area contributed by atoms with Crippen molar-refractivity contribution in [1.29, 1.82) is 0 Å². The van der Waals surface area contributed by atoms with Crippen LogP contribution in [0.3, 0.4) is 0 Å². The number of amides is 1. The van der Waals surface area contributed by atoms with Crippen LogP contribution in [-0.2, 0) is 5.54 Å². The van der Waals surface area contributed by atoms with Crippen LogP contribution in [0.15, 0.2) is 12.1 Å². The third kappa shape index (κ3) is 3.32. The summed E-state index contributed by atoms with van der Waals surface area (Å²) in [6.07, 6.45) is 0. The minimum atomic E-state index is -0.244. The van der Waals surface area contributed by atoms with E-state index in [9.17, 15) is 4.79 Å². The molecule has 2 N–H and O–H groups in total. The summed E-state index contributed by atoms with van der Waals surface area (Å²) in [5, 5.41) is 14.0. The van der Waals surface area contributed by atoms with Crippen LogP contribution >= 0.6 is 0 Å². The number of nitrogens with one attached hydrogen (secondary N) is 2. The molecule has 2 heterocycles. The van der Waals surface area contributed by atoms with Crippen molar-refractivity contribution in [1.82, 2.24) is 20.0 Å². The van der Waals surface area contributed by atoms with Crippen molar-refractivity contribution in [2.24, 2.45) is 0 Å². The Morgan fingerprint density at radius 2 is 2.00 bits per heavy atom. The summed E-state index contributed by atoms with van der Waals surface area (Å²) >= 11 is 0. The average Bonchev–Trinajstić information content (AvgIpc) is 2.94. The van der Waals surface area contributed by atoms with E-state index in [0.29, 0.717) is 17.4 Å². The zero-order valence-corrected chi connectivity index (χ0v) is 13.5. The normalized spacial score (nSPS) is 12.0. The molecule has 0 aliphatic heterocycles. The minimum Gasteiger partial charge on any atom is -0.304 e. The van der Waals surface area contributed by atoms with Crippen molar-refractivity contribution in [2.45, 2.75) is 53.0 Å². The summed E-state index contributed by atoms with van der Waals surface area (Å²) in [5.74, 6) is 0.561. The first kappa shape index (κ1) is 15.3. The van der Waals surface area contributed by atoms with Gasteiger partial charge >= 0.3 is 0 Å². The average molecular weight is 289 g/mol. The summed E-state index contributed by atoms with van der Waals surface area (Å²) in [4.78, 5) is 12.3. The molecule has 2 rings (SSSR count). The molecule has 0 bridgehead atoms. The number of hydrogen-bond donors (Lipinski definition) is 2. The van der Waals surface area contributed by atoms with Crippen LogP contribution in [0.25, 0.3) is 0 Å². The molecule has 0 aromatic carbocycles. The quantitative estimate of drug-likeness (QED) is 0.911. The maximum atomic E-state index is 12.3. The van der Waals surface area contributed by atoms with E-state index in [0.717, 1.165) is 11.4 Å². The van der Waals surface area contributed by atoms with Gasteiger partial charge in [0, 0.05) is 17.5 Å². The predicted octanol–water partition coefficient (Wildman–Crippen LogP) is 3.05. The Morgan fingerprint density at radius 3 is 2.43 bits per heavy atom. The van der Waals surface area contributed by atoms with Gasteiger partial charge in [-0.25, -0.2) is 0 Å². The van der Waals surface area contributed by atoms with E-state index in [4.69, 9.17) is 0 Å². The monoisotopic (exact) mass is 289 g/mol. The van der Waals surface area contributed by atoms with Crippen LogP contribution in [0.1, 0.15) is 62.4 Å². The largest absolute Gasteiger partial charge is 0.304 e. The number of H-pyrrole nitrogens is 1. The number of anilines is 1. The number of carbonyl (C=O) groups is 1. The first-order valence-corrected chi connectivity index (χ1v) is 7.12. The Balaban J connectivity index is 2.29. The Morgan fingerprint density at radius 1 is 1.33 bits per heavy atom. The SMILES string of the molecule is Cc1cc(NC(=O)c2cc(C(C)C)n(C(C)(C)C)n2)n[nH]1. The topological polar surface area (TPSA) is 75.6 Å². The standard InChI is InChI=1S/C15H23N5O/c1-9(2)12-8-11(19-20(12)15(4,5)6)14(21)16-13-7-10(3)17-18-13/h7-9H,1-6H3,(H2,16,17,18,21). The fourth-order valence-electron chi connectivity index (χ4n) is 2.12. The van der Waals surface area contributed by atoms with Crippen molar-refractivity contribution in [3.63, 3.8) is 0 Å². The lowest BCUT2D eigenvalue weighted by atomic mass is 10.1. The molecule has 0 fully saturated rings. The zero-order valence-electron chi connectivity index (χ0n) is 13.5. The van der Waals surface area contributed by atoms with Crippen molar-refractivity contribution in [3.05, 3.63) is 29.2 Å². The zero-order chi connectivity index (χ0) is 15.8. The summed E-state index contributed by atoms with van der Waals surface area (Å²) in [6, 6.07) is 3.63. The van der Waals surface area contributed by atoms with Crippen molar-refractivity contribution >= 4 is 11.7 Å². The highest BCUT2D eigenvalue weighted by atomic mass is 16.2. The fourth-order valence-corrected chi connectivity index (χ4v) is 2.12. The van der Waals surface area contributed by atoms with Gasteiger partial charge in [0.25, 0.3) is 5.91 Å². The lowest BCUT2D eigenvalue weighted by Crippen LogP contribution is -2.26. The van der Waals surface area contributed by atoms with Gasteiger partial charge in [0.15, 0.2) is 11.5 Å². The Labute approximate surface area is 124 Å². The van der Waals surface area contributed by atoms with E-state index >= 15 is 0 Å². The smallest absolute Gasteiger partial charge is 0.277 e. The third-order valence-corrected chi connectivity index (χ3v) is 3.14. The molecule has 21 heavy (non-hydrogen) atoms. The second-order valence-electron chi connectivity index (χ2n) is 6.58. The van der Waals surface area contributed by atoms with Gasteiger partial charge in [-0.05, 0) is 39.7 Å². The van der Waals surface area contributed by atoms with Crippen LogP contribution in [0.4, 0.5) is 5.82 Å². The van der Waals surface area contributed by atoms with Gasteiger partial charge in [-0.3, -0.25) is 14.6 Å². The van der Waals surface area contributed by atoms with Gasteiger partial charge in [-0.1, -0.05) is 13.8 Å². The molecule has 1 amide bonds. The van der Waals surface area contributed by atoms with E-state index in [2.05, 4.69) is 55.2 Å². The third-order valence-electron chi connectivity index (χ3n) is 3.14. The maximum absolute atomic E-state index is 12.3. The molecule has 114 valence electrons. The van der Waals surface area contributed by atoms with Gasteiger partial charge in [-0.15, -0.1) is 0 Å². The molecule has 0 saturated heterocycles. The number of nitrogens with zero attached hydrogens (tertiary/aromatic N) is 3. The number of aryl methyl sites for hydroxylation is 1. The number of aromatic amines is 1. The van der Waals surface area contributed by atoms with Crippen LogP contribution in [0.5, 0.6) is 0 Å². The van der Waals surface area contributed by atoms with E-state index in [-0.39, 0.29) is 11.4 Å². The van der Waals surface area contributed by atoms with E-state index < -0.39 is 0 Å². The van der Waals surface area contributed by atoms with Gasteiger partial charge < -0.3 is 5.32 Å². The molecule has 0 atom stereocenters. The fraction of sp³-hybridized carbons (Fsp3) is 0.533. The second kappa shape index (κ2) is 5.35. The molecule has 0 aliphatic carbocycles. The maximum Gasteiger partial charge on any atom is 0.277 e. The van der Waals surface area contributed by atoms with Gasteiger partial charge in [-0.2, -0.15) is 10.2 Å². The molecule has 0 aliphatic rings. The molecular weight excluding hydrogens is 266 g/mol. The number of carbonyl (C=O) groups excluding carboxylic acids is 1. The molecule has 2 aromatic heterocycles. The molecule has 0 saturated carbocycles. The predicted molar refractivity (Wildman–Crippen MR) is 82.6 cm³/mol. The molecule has 6 nitrogen and oxygen atoms in total. The van der Waals surface area contributed by atoms with Crippen LogP contribution in [0, 0.1) is 6.92 Å². The molecule has 2 aromatic rings. The van der Waals surface area contributed by atoms with Gasteiger partial charge in [0.05, 0.1) is 5.54 Å². The van der Waals surface area contributed by atoms with Crippen molar-refractivity contribution < 1.29 is 4.79 Å². The molecule has 0 spiro atoms. The highest BCUT2D eigenvalue weighted by molar-refractivity contribution is 6.02. The Kier molecular flexibility index (Phi) is 3.89. The summed E-state index contributed by atoms with van der Waals surface area (Å²) in [6.45, 7) is 12.3. The van der Waals surface area contributed by atoms with Crippen LogP contribution in [0.2, 0.25) is 0 Å². The minimum absolute atomic E-state index is 0.166. The summed E-state index contributed by atoms with van der Waals surface area (Å²) < 4.78 is 1.92. The number of aromatic nitrogens is 4. The lowest BCUT2D eigenvalue weighted by Gasteiger charge is -2.23. The summed E-state index contributed by atoms with van der Waals surface area (Å²) in [7, 11) is 0. The Hall–Kier alpha value is -2.11. The number of hydrogen-bond acceptors (Lipinski definition) is 3. The highest BCUT2D eigenvalue weighted by Gasteiger charge is 2.23. The Bertz CT molecular complexity index is 645. The van der Waals surface area contributed by atoms with Crippen molar-refractivity contribution in [2.75, 3.05) is 5.32 Å². The van der Waals surface area contributed by atoms with E-state index in [1.54, 1.807) is 6.07 Å². The first-order valence-electron chi connectivity index (χ1n) is 7.12. The molecule has 0 unspecified atom stereocenters. The second-order valence-corrected chi connectivity index (χ2v) is 6.58. The van der Waals surface area contributed by atoms with E-state index in [1.807, 2.05) is 17.7 Å². The molecule has 0 radical (unpaired) electrons. The molecule has 6 heteroatoms. The molecular formula is C15H23N5O. The van der Waals surface area contributed by atoms with Gasteiger partial charge in [0.2, 0.25) is 0 Å². The van der Waals surface area contributed by atoms with Crippen LogP contribution in [-0.4, -0.2) is 25.9 Å².